The predicted octanol–water partition coefficient (Wildman–Crippen LogP) is 4.93. The van der Waals surface area contributed by atoms with Gasteiger partial charge in [0.05, 0.1) is 6.54 Å². The molecule has 0 aliphatic rings. The van der Waals surface area contributed by atoms with Gasteiger partial charge in [0, 0.05) is 20.3 Å². The number of nitrogens with one attached hydrogen (secondary N) is 1. The molecule has 0 saturated heterocycles. The molecule has 5 aromatic rings. The molecule has 0 unspecified atom stereocenters. The molecule has 7 nitrogen and oxygen atoms in total. The zero-order valence-corrected chi connectivity index (χ0v) is 19.3. The van der Waals surface area contributed by atoms with Gasteiger partial charge in [-0.2, -0.15) is 0 Å². The van der Waals surface area contributed by atoms with Crippen LogP contribution in [-0.2, 0) is 6.54 Å². The zero-order valence-electron chi connectivity index (χ0n) is 17.1. The van der Waals surface area contributed by atoms with Crippen molar-refractivity contribution in [3.63, 3.8) is 0 Å². The summed E-state index contributed by atoms with van der Waals surface area (Å²) in [5, 5.41) is 11.2. The summed E-state index contributed by atoms with van der Waals surface area (Å²) in [7, 11) is 0. The van der Waals surface area contributed by atoms with E-state index in [2.05, 4.69) is 48.2 Å². The van der Waals surface area contributed by atoms with Crippen LogP contribution in [0.4, 0.5) is 10.2 Å². The Labute approximate surface area is 201 Å². The minimum absolute atomic E-state index is 0.138. The number of fused-ring (bicyclic) bond motifs is 1. The molecule has 9 heteroatoms. The SMILES string of the molecule is O=C(Nc1nc(-c2ccccc2)nc2c1nnn2Cc1ccccc1F)c1ccc(I)cc1. The smallest absolute Gasteiger partial charge is 0.256 e. The van der Waals surface area contributed by atoms with Crippen LogP contribution in [0.3, 0.4) is 0 Å². The van der Waals surface area contributed by atoms with Crippen molar-refractivity contribution in [2.24, 2.45) is 0 Å². The number of hydrogen-bond acceptors (Lipinski definition) is 5. The second-order valence-corrected chi connectivity index (χ2v) is 8.48. The number of rotatable bonds is 5. The van der Waals surface area contributed by atoms with Crippen molar-refractivity contribution in [1.29, 1.82) is 0 Å². The number of benzene rings is 3. The predicted molar refractivity (Wildman–Crippen MR) is 131 cm³/mol. The molecule has 0 radical (unpaired) electrons. The first-order valence-electron chi connectivity index (χ1n) is 10.1. The third-order valence-electron chi connectivity index (χ3n) is 5.01. The van der Waals surface area contributed by atoms with E-state index in [0.717, 1.165) is 9.13 Å². The number of halogens is 2. The average molecular weight is 550 g/mol. The van der Waals surface area contributed by atoms with E-state index in [1.54, 1.807) is 30.3 Å². The van der Waals surface area contributed by atoms with Crippen LogP contribution >= 0.6 is 22.6 Å². The molecular formula is C24H16FIN6O. The third kappa shape index (κ3) is 4.44. The van der Waals surface area contributed by atoms with E-state index in [0.29, 0.717) is 28.1 Å². The summed E-state index contributed by atoms with van der Waals surface area (Å²) in [4.78, 5) is 22.1. The number of nitrogens with zero attached hydrogens (tertiary/aromatic N) is 5. The maximum Gasteiger partial charge on any atom is 0.256 e. The van der Waals surface area contributed by atoms with Gasteiger partial charge in [0.1, 0.15) is 5.82 Å². The third-order valence-corrected chi connectivity index (χ3v) is 5.73. The Bertz CT molecular complexity index is 1450. The van der Waals surface area contributed by atoms with Gasteiger partial charge >= 0.3 is 0 Å². The van der Waals surface area contributed by atoms with Gasteiger partial charge < -0.3 is 5.32 Å². The minimum Gasteiger partial charge on any atom is -0.304 e. The maximum absolute atomic E-state index is 14.2. The number of aromatic nitrogens is 5. The summed E-state index contributed by atoms with van der Waals surface area (Å²) in [6.07, 6.45) is 0. The summed E-state index contributed by atoms with van der Waals surface area (Å²) < 4.78 is 16.8. The maximum atomic E-state index is 14.2. The Morgan fingerprint density at radius 1 is 0.939 bits per heavy atom. The standard InChI is InChI=1S/C24H16FIN6O/c25-19-9-5-4-8-17(19)14-32-23-20(30-31-32)22(27-21(28-23)15-6-2-1-3-7-15)29-24(33)16-10-12-18(26)13-11-16/h1-13H,14H2,(H,27,28,29,33). The van der Waals surface area contributed by atoms with Crippen molar-refractivity contribution in [1.82, 2.24) is 25.0 Å². The second-order valence-electron chi connectivity index (χ2n) is 7.23. The van der Waals surface area contributed by atoms with Gasteiger partial charge in [-0.05, 0) is 52.9 Å². The quantitative estimate of drug-likeness (QED) is 0.314. The molecule has 2 aromatic heterocycles. The van der Waals surface area contributed by atoms with Crippen LogP contribution in [0.1, 0.15) is 15.9 Å². The van der Waals surface area contributed by atoms with Crippen molar-refractivity contribution in [3.8, 4) is 11.4 Å². The van der Waals surface area contributed by atoms with Crippen molar-refractivity contribution in [2.45, 2.75) is 6.54 Å². The molecular weight excluding hydrogens is 534 g/mol. The highest BCUT2D eigenvalue weighted by Gasteiger charge is 2.19. The first kappa shape index (κ1) is 21.1. The number of hydrogen-bond donors (Lipinski definition) is 1. The van der Waals surface area contributed by atoms with E-state index in [1.165, 1.54) is 10.7 Å². The van der Waals surface area contributed by atoms with Gasteiger partial charge in [-0.3, -0.25) is 4.79 Å². The van der Waals surface area contributed by atoms with E-state index in [9.17, 15) is 9.18 Å². The highest BCUT2D eigenvalue weighted by molar-refractivity contribution is 14.1. The summed E-state index contributed by atoms with van der Waals surface area (Å²) in [6, 6.07) is 23.0. The summed E-state index contributed by atoms with van der Waals surface area (Å²) >= 11 is 2.18. The fraction of sp³-hybridized carbons (Fsp3) is 0.0417. The van der Waals surface area contributed by atoms with Crippen molar-refractivity contribution in [3.05, 3.63) is 99.4 Å². The molecule has 0 saturated carbocycles. The van der Waals surface area contributed by atoms with Crippen LogP contribution < -0.4 is 5.32 Å². The molecule has 0 fully saturated rings. The molecule has 33 heavy (non-hydrogen) atoms. The molecule has 0 spiro atoms. The van der Waals surface area contributed by atoms with Crippen LogP contribution in [0.15, 0.2) is 78.9 Å². The molecule has 162 valence electrons. The normalized spacial score (nSPS) is 11.0. The van der Waals surface area contributed by atoms with Crippen molar-refractivity contribution in [2.75, 3.05) is 5.32 Å². The number of carbonyl (C=O) groups excluding carboxylic acids is 1. The second kappa shape index (κ2) is 9.02. The van der Waals surface area contributed by atoms with E-state index in [1.807, 2.05) is 42.5 Å². The van der Waals surface area contributed by atoms with Crippen LogP contribution in [0, 0.1) is 9.39 Å². The molecule has 0 aliphatic carbocycles. The lowest BCUT2D eigenvalue weighted by molar-refractivity contribution is 0.102. The van der Waals surface area contributed by atoms with Gasteiger partial charge in [-0.25, -0.2) is 19.0 Å². The summed E-state index contributed by atoms with van der Waals surface area (Å²) in [5.41, 5.74) is 2.42. The lowest BCUT2D eigenvalue weighted by Crippen LogP contribution is -2.14. The molecule has 2 heterocycles. The average Bonchev–Trinajstić information content (AvgIpc) is 3.24. The fourth-order valence-electron chi connectivity index (χ4n) is 3.34. The van der Waals surface area contributed by atoms with Crippen molar-refractivity contribution < 1.29 is 9.18 Å². The Balaban J connectivity index is 1.60. The largest absolute Gasteiger partial charge is 0.304 e. The van der Waals surface area contributed by atoms with Gasteiger partial charge in [-0.1, -0.05) is 53.7 Å². The van der Waals surface area contributed by atoms with Crippen LogP contribution in [0.5, 0.6) is 0 Å². The molecule has 1 N–H and O–H groups in total. The first-order valence-corrected chi connectivity index (χ1v) is 11.1. The topological polar surface area (TPSA) is 85.6 Å². The molecule has 3 aromatic carbocycles. The Hall–Kier alpha value is -3.73. The Morgan fingerprint density at radius 2 is 1.67 bits per heavy atom. The number of amides is 1. The van der Waals surface area contributed by atoms with E-state index < -0.39 is 0 Å². The highest BCUT2D eigenvalue weighted by atomic mass is 127. The van der Waals surface area contributed by atoms with Gasteiger partial charge in [-0.15, -0.1) is 5.10 Å². The minimum atomic E-state index is -0.342. The Morgan fingerprint density at radius 3 is 2.42 bits per heavy atom. The number of carbonyl (C=O) groups is 1. The van der Waals surface area contributed by atoms with Crippen LogP contribution in [0.2, 0.25) is 0 Å². The first-order chi connectivity index (χ1) is 16.1. The molecule has 1 amide bonds. The summed E-state index contributed by atoms with van der Waals surface area (Å²) in [6.45, 7) is 0.138. The zero-order chi connectivity index (χ0) is 22.8. The van der Waals surface area contributed by atoms with Crippen LogP contribution in [0.25, 0.3) is 22.6 Å². The van der Waals surface area contributed by atoms with E-state index in [-0.39, 0.29) is 24.1 Å². The molecule has 0 aliphatic heterocycles. The molecule has 0 atom stereocenters. The van der Waals surface area contributed by atoms with Gasteiger partial charge in [0.2, 0.25) is 0 Å². The van der Waals surface area contributed by atoms with E-state index in [4.69, 9.17) is 0 Å². The lowest BCUT2D eigenvalue weighted by atomic mass is 10.2. The highest BCUT2D eigenvalue weighted by Crippen LogP contribution is 2.24. The fourth-order valence-corrected chi connectivity index (χ4v) is 3.69. The van der Waals surface area contributed by atoms with E-state index >= 15 is 0 Å². The number of anilines is 1. The van der Waals surface area contributed by atoms with Gasteiger partial charge in [0.25, 0.3) is 5.91 Å². The molecule has 5 rings (SSSR count). The summed E-state index contributed by atoms with van der Waals surface area (Å²) in [5.74, 6) is -0.0277. The Kier molecular flexibility index (Phi) is 5.78. The van der Waals surface area contributed by atoms with Gasteiger partial charge in [0.15, 0.2) is 22.8 Å². The lowest BCUT2D eigenvalue weighted by Gasteiger charge is -2.09. The monoisotopic (exact) mass is 550 g/mol. The van der Waals surface area contributed by atoms with Crippen LogP contribution in [-0.4, -0.2) is 30.9 Å². The van der Waals surface area contributed by atoms with Crippen molar-refractivity contribution >= 4 is 45.5 Å². The molecule has 0 bridgehead atoms.